The maximum absolute atomic E-state index is 9.87. The van der Waals surface area contributed by atoms with E-state index in [2.05, 4.69) is 10.3 Å². The molecule has 4 heteroatoms. The van der Waals surface area contributed by atoms with Gasteiger partial charge in [0.25, 0.3) is 0 Å². The Hall–Kier alpha value is -1.52. The van der Waals surface area contributed by atoms with Crippen LogP contribution in [-0.2, 0) is 6.42 Å². The van der Waals surface area contributed by atoms with Gasteiger partial charge in [-0.25, -0.2) is 0 Å². The molecule has 84 valence electrons. The van der Waals surface area contributed by atoms with Crippen LogP contribution in [0.2, 0.25) is 0 Å². The third-order valence-corrected chi connectivity index (χ3v) is 3.24. The van der Waals surface area contributed by atoms with Gasteiger partial charge in [-0.15, -0.1) is 0 Å². The van der Waals surface area contributed by atoms with Crippen LogP contribution in [0.4, 0.5) is 0 Å². The van der Waals surface area contributed by atoms with Crippen molar-refractivity contribution in [1.82, 2.24) is 10.3 Å². The fourth-order valence-electron chi connectivity index (χ4n) is 2.50. The standard InChI is InChI=1S/C12H14N2O2/c15-6-9-12-7(4-5-13-9)11-8(14-12)2-1-3-10(11)16/h1-3,9,13-16H,4-6H2. The molecule has 3 rings (SSSR count). The van der Waals surface area contributed by atoms with E-state index in [4.69, 9.17) is 0 Å². The van der Waals surface area contributed by atoms with Crippen molar-refractivity contribution in [1.29, 1.82) is 0 Å². The van der Waals surface area contributed by atoms with Crippen LogP contribution < -0.4 is 5.32 Å². The highest BCUT2D eigenvalue weighted by molar-refractivity contribution is 5.90. The van der Waals surface area contributed by atoms with E-state index in [1.54, 1.807) is 6.07 Å². The molecule has 1 aromatic heterocycles. The number of aromatic nitrogens is 1. The van der Waals surface area contributed by atoms with E-state index in [9.17, 15) is 10.2 Å². The summed E-state index contributed by atoms with van der Waals surface area (Å²) >= 11 is 0. The summed E-state index contributed by atoms with van der Waals surface area (Å²) in [6.45, 7) is 0.903. The van der Waals surface area contributed by atoms with Crippen molar-refractivity contribution in [3.8, 4) is 5.75 Å². The second-order valence-corrected chi connectivity index (χ2v) is 4.16. The SMILES string of the molecule is OCC1NCCc2c1[nH]c1cccc(O)c21. The third-order valence-electron chi connectivity index (χ3n) is 3.24. The van der Waals surface area contributed by atoms with E-state index in [-0.39, 0.29) is 12.6 Å². The zero-order chi connectivity index (χ0) is 11.1. The number of aliphatic hydroxyl groups is 1. The molecule has 16 heavy (non-hydrogen) atoms. The minimum Gasteiger partial charge on any atom is -0.507 e. The fourth-order valence-corrected chi connectivity index (χ4v) is 2.50. The molecular weight excluding hydrogens is 204 g/mol. The topological polar surface area (TPSA) is 68.3 Å². The number of H-pyrrole nitrogens is 1. The molecule has 4 N–H and O–H groups in total. The molecule has 1 aromatic carbocycles. The van der Waals surface area contributed by atoms with Gasteiger partial charge in [-0.1, -0.05) is 6.07 Å². The van der Waals surface area contributed by atoms with E-state index >= 15 is 0 Å². The summed E-state index contributed by atoms with van der Waals surface area (Å²) in [6.07, 6.45) is 0.878. The van der Waals surface area contributed by atoms with Crippen LogP contribution in [0.25, 0.3) is 10.9 Å². The molecule has 1 aliphatic heterocycles. The molecule has 0 aliphatic carbocycles. The minimum atomic E-state index is -0.0458. The Morgan fingerprint density at radius 1 is 1.38 bits per heavy atom. The number of benzene rings is 1. The average Bonchev–Trinajstić information content (AvgIpc) is 2.68. The van der Waals surface area contributed by atoms with Gasteiger partial charge in [0.05, 0.1) is 12.6 Å². The molecule has 0 radical (unpaired) electrons. The molecule has 1 aliphatic rings. The van der Waals surface area contributed by atoms with E-state index in [1.165, 1.54) is 0 Å². The lowest BCUT2D eigenvalue weighted by molar-refractivity contribution is 0.238. The number of aromatic hydroxyl groups is 1. The lowest BCUT2D eigenvalue weighted by Gasteiger charge is -2.22. The second-order valence-electron chi connectivity index (χ2n) is 4.16. The molecular formula is C12H14N2O2. The predicted molar refractivity (Wildman–Crippen MR) is 61.5 cm³/mol. The van der Waals surface area contributed by atoms with Crippen LogP contribution in [0.15, 0.2) is 18.2 Å². The van der Waals surface area contributed by atoms with Gasteiger partial charge in [0.2, 0.25) is 0 Å². The number of fused-ring (bicyclic) bond motifs is 3. The van der Waals surface area contributed by atoms with Gasteiger partial charge in [0.1, 0.15) is 5.75 Å². The van der Waals surface area contributed by atoms with E-state index < -0.39 is 0 Å². The predicted octanol–water partition coefficient (Wildman–Crippen LogP) is 1.05. The summed E-state index contributed by atoms with van der Waals surface area (Å²) < 4.78 is 0. The number of aliphatic hydroxyl groups excluding tert-OH is 1. The highest BCUT2D eigenvalue weighted by Gasteiger charge is 2.24. The van der Waals surface area contributed by atoms with Gasteiger partial charge in [-0.2, -0.15) is 0 Å². The Bertz CT molecular complexity index is 533. The van der Waals surface area contributed by atoms with Crippen molar-refractivity contribution in [3.05, 3.63) is 29.5 Å². The van der Waals surface area contributed by atoms with Crippen molar-refractivity contribution in [2.45, 2.75) is 12.5 Å². The zero-order valence-electron chi connectivity index (χ0n) is 8.83. The van der Waals surface area contributed by atoms with Gasteiger partial charge in [0.15, 0.2) is 0 Å². The van der Waals surface area contributed by atoms with Crippen LogP contribution in [0.1, 0.15) is 17.3 Å². The first kappa shape index (κ1) is 9.69. The van der Waals surface area contributed by atoms with Gasteiger partial charge >= 0.3 is 0 Å². The second kappa shape index (κ2) is 3.50. The van der Waals surface area contributed by atoms with Crippen molar-refractivity contribution in [3.63, 3.8) is 0 Å². The normalized spacial score (nSPS) is 19.9. The lowest BCUT2D eigenvalue weighted by atomic mass is 9.99. The van der Waals surface area contributed by atoms with E-state index in [0.29, 0.717) is 5.75 Å². The Balaban J connectivity index is 2.29. The van der Waals surface area contributed by atoms with Gasteiger partial charge in [-0.05, 0) is 30.7 Å². The van der Waals surface area contributed by atoms with Crippen LogP contribution in [0, 0.1) is 0 Å². The molecule has 0 amide bonds. The Kier molecular flexibility index (Phi) is 2.12. The summed E-state index contributed by atoms with van der Waals surface area (Å²) in [5.41, 5.74) is 3.07. The van der Waals surface area contributed by atoms with Gasteiger partial charge < -0.3 is 20.5 Å². The Morgan fingerprint density at radius 2 is 2.25 bits per heavy atom. The highest BCUT2D eigenvalue weighted by atomic mass is 16.3. The fraction of sp³-hybridized carbons (Fsp3) is 0.333. The van der Waals surface area contributed by atoms with Crippen LogP contribution in [-0.4, -0.2) is 28.3 Å². The maximum Gasteiger partial charge on any atom is 0.125 e. The quantitative estimate of drug-likeness (QED) is 0.578. The van der Waals surface area contributed by atoms with E-state index in [1.807, 2.05) is 12.1 Å². The van der Waals surface area contributed by atoms with Crippen molar-refractivity contribution in [2.24, 2.45) is 0 Å². The lowest BCUT2D eigenvalue weighted by Crippen LogP contribution is -2.31. The van der Waals surface area contributed by atoms with E-state index in [0.717, 1.165) is 35.1 Å². The molecule has 0 fully saturated rings. The van der Waals surface area contributed by atoms with Crippen LogP contribution in [0.5, 0.6) is 5.75 Å². The summed E-state index contributed by atoms with van der Waals surface area (Å²) in [5, 5.41) is 23.3. The minimum absolute atomic E-state index is 0.0458. The number of rotatable bonds is 1. The number of phenols is 1. The monoisotopic (exact) mass is 218 g/mol. The first-order valence-corrected chi connectivity index (χ1v) is 5.48. The maximum atomic E-state index is 9.87. The number of nitrogens with one attached hydrogen (secondary N) is 2. The molecule has 1 unspecified atom stereocenters. The molecule has 0 spiro atoms. The number of hydrogen-bond donors (Lipinski definition) is 4. The summed E-state index contributed by atoms with van der Waals surface area (Å²) in [5.74, 6) is 0.314. The van der Waals surface area contributed by atoms with Gasteiger partial charge in [0, 0.05) is 16.6 Å². The van der Waals surface area contributed by atoms with Gasteiger partial charge in [-0.3, -0.25) is 0 Å². The Morgan fingerprint density at radius 3 is 3.06 bits per heavy atom. The molecule has 4 nitrogen and oxygen atoms in total. The molecule has 2 heterocycles. The summed E-state index contributed by atoms with van der Waals surface area (Å²) in [4.78, 5) is 3.28. The smallest absolute Gasteiger partial charge is 0.125 e. The molecule has 0 saturated carbocycles. The molecule has 0 bridgehead atoms. The summed E-state index contributed by atoms with van der Waals surface area (Å²) in [7, 11) is 0. The highest BCUT2D eigenvalue weighted by Crippen LogP contribution is 2.34. The third kappa shape index (κ3) is 1.24. The molecule has 1 atom stereocenters. The summed E-state index contributed by atoms with van der Waals surface area (Å²) in [6, 6.07) is 5.42. The van der Waals surface area contributed by atoms with Crippen molar-refractivity contribution in [2.75, 3.05) is 13.2 Å². The zero-order valence-corrected chi connectivity index (χ0v) is 8.83. The molecule has 2 aromatic rings. The number of phenolic OH excluding ortho intramolecular Hbond substituents is 1. The molecule has 0 saturated heterocycles. The number of hydrogen-bond acceptors (Lipinski definition) is 3. The van der Waals surface area contributed by atoms with Crippen LogP contribution in [0.3, 0.4) is 0 Å². The van der Waals surface area contributed by atoms with Crippen LogP contribution >= 0.6 is 0 Å². The Labute approximate surface area is 92.9 Å². The first-order chi connectivity index (χ1) is 7.81. The van der Waals surface area contributed by atoms with Crippen molar-refractivity contribution < 1.29 is 10.2 Å². The first-order valence-electron chi connectivity index (χ1n) is 5.48. The largest absolute Gasteiger partial charge is 0.507 e. The number of aromatic amines is 1. The van der Waals surface area contributed by atoms with Crippen molar-refractivity contribution >= 4 is 10.9 Å². The average molecular weight is 218 g/mol.